The molecule has 0 radical (unpaired) electrons. The minimum atomic E-state index is -3.49. The zero-order chi connectivity index (χ0) is 17.9. The Hall–Kier alpha value is -1.65. The number of nitrogens with zero attached hydrogens (tertiary/aromatic N) is 2. The molecule has 1 saturated heterocycles. The second kappa shape index (κ2) is 7.49. The van der Waals surface area contributed by atoms with Gasteiger partial charge in [-0.3, -0.25) is 4.79 Å². The molecule has 24 heavy (non-hydrogen) atoms. The predicted octanol–water partition coefficient (Wildman–Crippen LogP) is 0.838. The molecule has 10 heteroatoms. The van der Waals surface area contributed by atoms with Crippen LogP contribution < -0.4 is 0 Å². The molecule has 2 rings (SSSR count). The molecule has 0 aromatic heterocycles. The van der Waals surface area contributed by atoms with Gasteiger partial charge >= 0.3 is 0 Å². The molecular formula is C14H17F3N2O4S. The minimum Gasteiger partial charge on any atom is -0.384 e. The van der Waals surface area contributed by atoms with E-state index in [0.29, 0.717) is 6.07 Å². The molecule has 1 aromatic rings. The van der Waals surface area contributed by atoms with Gasteiger partial charge in [0.15, 0.2) is 17.5 Å². The summed E-state index contributed by atoms with van der Waals surface area (Å²) in [5.74, 6) is -5.61. The van der Waals surface area contributed by atoms with Gasteiger partial charge < -0.3 is 9.64 Å². The summed E-state index contributed by atoms with van der Waals surface area (Å²) in [6.45, 7) is 0.209. The summed E-state index contributed by atoms with van der Waals surface area (Å²) in [6.07, 6.45) is 0. The van der Waals surface area contributed by atoms with Crippen molar-refractivity contribution < 1.29 is 31.1 Å². The van der Waals surface area contributed by atoms with Gasteiger partial charge in [0.1, 0.15) is 0 Å². The van der Waals surface area contributed by atoms with Crippen molar-refractivity contribution in [1.82, 2.24) is 9.21 Å². The van der Waals surface area contributed by atoms with Gasteiger partial charge in [0.25, 0.3) is 5.91 Å². The van der Waals surface area contributed by atoms with Crippen LogP contribution in [0.25, 0.3) is 0 Å². The Morgan fingerprint density at radius 1 is 1.12 bits per heavy atom. The highest BCUT2D eigenvalue weighted by molar-refractivity contribution is 7.89. The number of halogens is 3. The SMILES string of the molecule is COCCS(=O)(=O)N1CCN(C(=O)c2ccc(F)c(F)c2F)CC1. The Morgan fingerprint density at radius 2 is 1.75 bits per heavy atom. The predicted molar refractivity (Wildman–Crippen MR) is 79.5 cm³/mol. The van der Waals surface area contributed by atoms with Crippen LogP contribution in [-0.2, 0) is 14.8 Å². The third-order valence-electron chi connectivity index (χ3n) is 3.73. The molecule has 0 N–H and O–H groups in total. The van der Waals surface area contributed by atoms with E-state index in [4.69, 9.17) is 4.74 Å². The zero-order valence-corrected chi connectivity index (χ0v) is 13.8. The molecule has 1 heterocycles. The topological polar surface area (TPSA) is 66.9 Å². The standard InChI is InChI=1S/C14H17F3N2O4S/c1-23-8-9-24(21,22)19-6-4-18(5-7-19)14(20)10-2-3-11(15)13(17)12(10)16/h2-3H,4-9H2,1H3. The zero-order valence-electron chi connectivity index (χ0n) is 13.0. The number of carbonyl (C=O) groups is 1. The number of piperazine rings is 1. The summed E-state index contributed by atoms with van der Waals surface area (Å²) in [7, 11) is -2.10. The Morgan fingerprint density at radius 3 is 2.33 bits per heavy atom. The van der Waals surface area contributed by atoms with E-state index in [0.717, 1.165) is 6.07 Å². The van der Waals surface area contributed by atoms with Crippen LogP contribution in [0.5, 0.6) is 0 Å². The van der Waals surface area contributed by atoms with Crippen LogP contribution in [0.3, 0.4) is 0 Å². The van der Waals surface area contributed by atoms with E-state index in [1.54, 1.807) is 0 Å². The summed E-state index contributed by atoms with van der Waals surface area (Å²) in [5.41, 5.74) is -0.579. The van der Waals surface area contributed by atoms with Crippen molar-refractivity contribution >= 4 is 15.9 Å². The second-order valence-corrected chi connectivity index (χ2v) is 7.31. The van der Waals surface area contributed by atoms with Crippen molar-refractivity contribution in [3.8, 4) is 0 Å². The highest BCUT2D eigenvalue weighted by atomic mass is 32.2. The molecule has 0 spiro atoms. The van der Waals surface area contributed by atoms with Crippen LogP contribution in [0, 0.1) is 17.5 Å². The maximum Gasteiger partial charge on any atom is 0.257 e. The molecule has 0 aliphatic carbocycles. The van der Waals surface area contributed by atoms with Crippen molar-refractivity contribution in [3.05, 3.63) is 35.1 Å². The molecular weight excluding hydrogens is 349 g/mol. The summed E-state index contributed by atoms with van der Waals surface area (Å²) < 4.78 is 69.8. The van der Waals surface area contributed by atoms with Gasteiger partial charge in [-0.15, -0.1) is 0 Å². The van der Waals surface area contributed by atoms with Crippen LogP contribution in [0.15, 0.2) is 12.1 Å². The molecule has 0 unspecified atom stereocenters. The maximum absolute atomic E-state index is 13.7. The quantitative estimate of drug-likeness (QED) is 0.725. The lowest BCUT2D eigenvalue weighted by Crippen LogP contribution is -2.51. The maximum atomic E-state index is 13.7. The molecule has 134 valence electrons. The molecule has 0 saturated carbocycles. The fourth-order valence-corrected chi connectivity index (χ4v) is 3.70. The number of hydrogen-bond acceptors (Lipinski definition) is 4. The van der Waals surface area contributed by atoms with Gasteiger partial charge in [0, 0.05) is 33.3 Å². The highest BCUT2D eigenvalue weighted by Gasteiger charge is 2.30. The van der Waals surface area contributed by atoms with Gasteiger partial charge in [-0.1, -0.05) is 0 Å². The van der Waals surface area contributed by atoms with E-state index in [1.165, 1.54) is 16.3 Å². The van der Waals surface area contributed by atoms with Crippen LogP contribution in [-0.4, -0.2) is 69.2 Å². The fraction of sp³-hybridized carbons (Fsp3) is 0.500. The molecule has 1 fully saturated rings. The molecule has 0 bridgehead atoms. The number of hydrogen-bond donors (Lipinski definition) is 0. The molecule has 1 aromatic carbocycles. The largest absolute Gasteiger partial charge is 0.384 e. The van der Waals surface area contributed by atoms with E-state index in [2.05, 4.69) is 0 Å². The Balaban J connectivity index is 2.05. The molecule has 6 nitrogen and oxygen atoms in total. The summed E-state index contributed by atoms with van der Waals surface area (Å²) in [4.78, 5) is 13.4. The first-order valence-electron chi connectivity index (χ1n) is 7.17. The minimum absolute atomic E-state index is 0.0312. The van der Waals surface area contributed by atoms with E-state index in [1.807, 2.05) is 0 Å². The van der Waals surface area contributed by atoms with Gasteiger partial charge in [-0.25, -0.2) is 21.6 Å². The summed E-state index contributed by atoms with van der Waals surface area (Å²) in [6, 6.07) is 1.55. The van der Waals surface area contributed by atoms with Crippen LogP contribution in [0.2, 0.25) is 0 Å². The normalized spacial score (nSPS) is 16.4. The van der Waals surface area contributed by atoms with Crippen molar-refractivity contribution in [2.45, 2.75) is 0 Å². The van der Waals surface area contributed by atoms with Crippen LogP contribution in [0.4, 0.5) is 13.2 Å². The average molecular weight is 366 g/mol. The smallest absolute Gasteiger partial charge is 0.257 e. The Labute approximate surface area is 137 Å². The van der Waals surface area contributed by atoms with Crippen molar-refractivity contribution in [2.75, 3.05) is 45.6 Å². The first-order chi connectivity index (χ1) is 11.3. The summed E-state index contributed by atoms with van der Waals surface area (Å²) >= 11 is 0. The van der Waals surface area contributed by atoms with Gasteiger partial charge in [-0.05, 0) is 12.1 Å². The number of sulfonamides is 1. The first-order valence-corrected chi connectivity index (χ1v) is 8.78. The van der Waals surface area contributed by atoms with E-state index >= 15 is 0 Å². The van der Waals surface area contributed by atoms with Crippen LogP contribution >= 0.6 is 0 Å². The van der Waals surface area contributed by atoms with Gasteiger partial charge in [-0.2, -0.15) is 4.31 Å². The van der Waals surface area contributed by atoms with Gasteiger partial charge in [0.2, 0.25) is 10.0 Å². The number of rotatable bonds is 5. The molecule has 1 aliphatic heterocycles. The third-order valence-corrected chi connectivity index (χ3v) is 5.56. The van der Waals surface area contributed by atoms with Crippen molar-refractivity contribution in [2.24, 2.45) is 0 Å². The fourth-order valence-electron chi connectivity index (χ4n) is 2.35. The number of amides is 1. The van der Waals surface area contributed by atoms with Gasteiger partial charge in [0.05, 0.1) is 17.9 Å². The average Bonchev–Trinajstić information content (AvgIpc) is 2.57. The van der Waals surface area contributed by atoms with E-state index in [9.17, 15) is 26.4 Å². The van der Waals surface area contributed by atoms with Crippen molar-refractivity contribution in [1.29, 1.82) is 0 Å². The van der Waals surface area contributed by atoms with E-state index < -0.39 is 38.9 Å². The Kier molecular flexibility index (Phi) is 5.83. The number of ether oxygens (including phenoxy) is 1. The lowest BCUT2D eigenvalue weighted by Gasteiger charge is -2.34. The molecule has 1 amide bonds. The van der Waals surface area contributed by atoms with Crippen molar-refractivity contribution in [3.63, 3.8) is 0 Å². The molecule has 1 aliphatic rings. The second-order valence-electron chi connectivity index (χ2n) is 5.22. The monoisotopic (exact) mass is 366 g/mol. The third kappa shape index (κ3) is 3.87. The summed E-state index contributed by atoms with van der Waals surface area (Å²) in [5, 5.41) is 0. The Bertz CT molecular complexity index is 719. The first kappa shape index (κ1) is 18.7. The highest BCUT2D eigenvalue weighted by Crippen LogP contribution is 2.18. The molecule has 0 atom stereocenters. The number of methoxy groups -OCH3 is 1. The number of benzene rings is 1. The lowest BCUT2D eigenvalue weighted by molar-refractivity contribution is 0.0691. The van der Waals surface area contributed by atoms with E-state index in [-0.39, 0.29) is 38.5 Å². The lowest BCUT2D eigenvalue weighted by atomic mass is 10.1. The van der Waals surface area contributed by atoms with Crippen LogP contribution in [0.1, 0.15) is 10.4 Å². The number of carbonyl (C=O) groups excluding carboxylic acids is 1.